The van der Waals surface area contributed by atoms with Crippen LogP contribution in [0.25, 0.3) is 0 Å². The molecule has 2 fully saturated rings. The van der Waals surface area contributed by atoms with Gasteiger partial charge in [-0.3, -0.25) is 0 Å². The topological polar surface area (TPSA) is 6.48 Å². The van der Waals surface area contributed by atoms with Crippen molar-refractivity contribution in [1.29, 1.82) is 0 Å². The molecule has 0 unspecified atom stereocenters. The molecule has 0 amide bonds. The summed E-state index contributed by atoms with van der Waals surface area (Å²) in [6.07, 6.45) is 19.9. The van der Waals surface area contributed by atoms with Crippen molar-refractivity contribution in [2.45, 2.75) is 89.9 Å². The molecular formula is C27H48Cl2N2. The average Bonchev–Trinajstić information content (AvgIpc) is 2.78. The number of benzene rings is 1. The summed E-state index contributed by atoms with van der Waals surface area (Å²) in [6, 6.07) is 11.0. The van der Waals surface area contributed by atoms with Gasteiger partial charge < -0.3 is 9.80 Å². The molecule has 0 saturated carbocycles. The molecule has 2 heterocycles. The Labute approximate surface area is 205 Å². The molecule has 0 bridgehead atoms. The molecule has 0 aromatic heterocycles. The van der Waals surface area contributed by atoms with Gasteiger partial charge in [-0.2, -0.15) is 0 Å². The van der Waals surface area contributed by atoms with Crippen molar-refractivity contribution in [2.24, 2.45) is 5.92 Å². The number of nitrogens with zero attached hydrogens (tertiary/aromatic N) is 2. The van der Waals surface area contributed by atoms with Gasteiger partial charge in [0.05, 0.1) is 0 Å². The second-order valence-electron chi connectivity index (χ2n) is 9.69. The van der Waals surface area contributed by atoms with E-state index in [1.807, 2.05) is 0 Å². The van der Waals surface area contributed by atoms with E-state index in [1.165, 1.54) is 135 Å². The number of unbranched alkanes of at least 4 members (excludes halogenated alkanes) is 5. The fourth-order valence-corrected chi connectivity index (χ4v) is 5.30. The molecular weight excluding hydrogens is 423 g/mol. The normalized spacial score (nSPS) is 18.3. The zero-order chi connectivity index (χ0) is 20.0. The minimum Gasteiger partial charge on any atom is -0.303 e. The maximum absolute atomic E-state index is 2.74. The second-order valence-corrected chi connectivity index (χ2v) is 9.69. The number of halogens is 2. The van der Waals surface area contributed by atoms with Crippen molar-refractivity contribution < 1.29 is 0 Å². The predicted molar refractivity (Wildman–Crippen MR) is 141 cm³/mol. The lowest BCUT2D eigenvalue weighted by Crippen LogP contribution is -2.34. The molecule has 2 saturated heterocycles. The Morgan fingerprint density at radius 1 is 0.613 bits per heavy atom. The van der Waals surface area contributed by atoms with Crippen LogP contribution >= 0.6 is 24.8 Å². The number of aryl methyl sites for hydroxylation is 1. The van der Waals surface area contributed by atoms with Crippen LogP contribution < -0.4 is 0 Å². The van der Waals surface area contributed by atoms with Crippen LogP contribution in [0.2, 0.25) is 0 Å². The summed E-state index contributed by atoms with van der Waals surface area (Å²) in [5, 5.41) is 0. The lowest BCUT2D eigenvalue weighted by atomic mass is 9.90. The minimum atomic E-state index is 0. The molecule has 2 aliphatic heterocycles. The Hall–Kier alpha value is -0.280. The summed E-state index contributed by atoms with van der Waals surface area (Å²) in [7, 11) is 0. The molecule has 0 spiro atoms. The Morgan fingerprint density at radius 2 is 1.16 bits per heavy atom. The lowest BCUT2D eigenvalue weighted by molar-refractivity contribution is 0.174. The highest BCUT2D eigenvalue weighted by Gasteiger charge is 2.18. The summed E-state index contributed by atoms with van der Waals surface area (Å²) >= 11 is 0. The van der Waals surface area contributed by atoms with Crippen molar-refractivity contribution in [3.8, 4) is 0 Å². The van der Waals surface area contributed by atoms with Gasteiger partial charge in [0, 0.05) is 0 Å². The van der Waals surface area contributed by atoms with Crippen molar-refractivity contribution in [3.63, 3.8) is 0 Å². The van der Waals surface area contributed by atoms with Crippen molar-refractivity contribution in [2.75, 3.05) is 39.3 Å². The Morgan fingerprint density at radius 3 is 1.77 bits per heavy atom. The van der Waals surface area contributed by atoms with E-state index in [4.69, 9.17) is 0 Å². The van der Waals surface area contributed by atoms with Gasteiger partial charge in [0.2, 0.25) is 0 Å². The van der Waals surface area contributed by atoms with E-state index in [-0.39, 0.29) is 24.8 Å². The predicted octanol–water partition coefficient (Wildman–Crippen LogP) is 7.39. The summed E-state index contributed by atoms with van der Waals surface area (Å²) < 4.78 is 0. The monoisotopic (exact) mass is 470 g/mol. The largest absolute Gasteiger partial charge is 0.303 e. The van der Waals surface area contributed by atoms with Crippen LogP contribution in [-0.4, -0.2) is 49.1 Å². The molecule has 1 aromatic carbocycles. The number of hydrogen-bond donors (Lipinski definition) is 0. The smallest absolute Gasteiger partial charge is 0.00161 e. The van der Waals surface area contributed by atoms with E-state index in [0.29, 0.717) is 0 Å². The molecule has 3 rings (SSSR count). The molecule has 0 aliphatic carbocycles. The van der Waals surface area contributed by atoms with Crippen LogP contribution in [0.5, 0.6) is 0 Å². The Balaban J connectivity index is 0.00000240. The van der Waals surface area contributed by atoms with Gasteiger partial charge in [-0.25, -0.2) is 0 Å². The van der Waals surface area contributed by atoms with E-state index >= 15 is 0 Å². The standard InChI is InChI=1S/C27H46N2.2ClH/c1(3-9-20-28-21-11-6-12-22-28)2-4-10-23-29-24-18-27(19-25-29)17-13-16-26-14-7-5-8-15-26;;/h5,7-8,14-15,27H,1-4,6,9-13,16-25H2;2*1H. The molecule has 0 N–H and O–H groups in total. The van der Waals surface area contributed by atoms with E-state index in [2.05, 4.69) is 40.1 Å². The quantitative estimate of drug-likeness (QED) is 0.277. The highest BCUT2D eigenvalue weighted by molar-refractivity contribution is 5.85. The summed E-state index contributed by atoms with van der Waals surface area (Å²) in [6.45, 7) is 8.15. The van der Waals surface area contributed by atoms with E-state index < -0.39 is 0 Å². The van der Waals surface area contributed by atoms with E-state index in [0.717, 1.165) is 5.92 Å². The van der Waals surface area contributed by atoms with Crippen molar-refractivity contribution >= 4 is 24.8 Å². The summed E-state index contributed by atoms with van der Waals surface area (Å²) in [5.41, 5.74) is 1.51. The number of likely N-dealkylation sites (tertiary alicyclic amines) is 2. The van der Waals surface area contributed by atoms with Gasteiger partial charge in [-0.1, -0.05) is 68.9 Å². The highest BCUT2D eigenvalue weighted by atomic mass is 35.5. The first-order chi connectivity index (χ1) is 14.4. The molecule has 31 heavy (non-hydrogen) atoms. The number of hydrogen-bond acceptors (Lipinski definition) is 2. The first-order valence-corrected chi connectivity index (χ1v) is 12.9. The van der Waals surface area contributed by atoms with Crippen LogP contribution in [0, 0.1) is 5.92 Å². The molecule has 1 aromatic rings. The van der Waals surface area contributed by atoms with E-state index in [1.54, 1.807) is 0 Å². The number of piperidine rings is 2. The van der Waals surface area contributed by atoms with Gasteiger partial charge in [-0.05, 0) is 102 Å². The fraction of sp³-hybridized carbons (Fsp3) is 0.778. The van der Waals surface area contributed by atoms with Crippen LogP contribution in [0.15, 0.2) is 30.3 Å². The first kappa shape index (κ1) is 28.8. The first-order valence-electron chi connectivity index (χ1n) is 12.9. The Bertz CT molecular complexity index is 511. The summed E-state index contributed by atoms with van der Waals surface area (Å²) in [5.74, 6) is 0.981. The maximum atomic E-state index is 2.74. The van der Waals surface area contributed by atoms with Crippen LogP contribution in [-0.2, 0) is 6.42 Å². The van der Waals surface area contributed by atoms with Gasteiger partial charge in [0.25, 0.3) is 0 Å². The second kappa shape index (κ2) is 18.2. The lowest BCUT2D eigenvalue weighted by Gasteiger charge is -2.32. The highest BCUT2D eigenvalue weighted by Crippen LogP contribution is 2.23. The molecule has 2 aliphatic rings. The fourth-order valence-electron chi connectivity index (χ4n) is 5.30. The van der Waals surface area contributed by atoms with Gasteiger partial charge in [-0.15, -0.1) is 24.8 Å². The number of rotatable bonds is 13. The molecule has 0 radical (unpaired) electrons. The minimum absolute atomic E-state index is 0. The van der Waals surface area contributed by atoms with Gasteiger partial charge >= 0.3 is 0 Å². The van der Waals surface area contributed by atoms with Crippen molar-refractivity contribution in [3.05, 3.63) is 35.9 Å². The van der Waals surface area contributed by atoms with Gasteiger partial charge in [0.15, 0.2) is 0 Å². The summed E-state index contributed by atoms with van der Waals surface area (Å²) in [4.78, 5) is 5.43. The van der Waals surface area contributed by atoms with Crippen LogP contribution in [0.1, 0.15) is 89.0 Å². The van der Waals surface area contributed by atoms with Crippen LogP contribution in [0.3, 0.4) is 0 Å². The SMILES string of the molecule is Cl.Cl.c1ccc(CCCC2CCN(CCCCCCCCN3CCCCC3)CC2)cc1. The van der Waals surface area contributed by atoms with E-state index in [9.17, 15) is 0 Å². The van der Waals surface area contributed by atoms with Crippen molar-refractivity contribution in [1.82, 2.24) is 9.80 Å². The maximum Gasteiger partial charge on any atom is -0.00161 e. The molecule has 0 atom stereocenters. The average molecular weight is 472 g/mol. The zero-order valence-electron chi connectivity index (χ0n) is 19.8. The van der Waals surface area contributed by atoms with Gasteiger partial charge in [0.1, 0.15) is 0 Å². The van der Waals surface area contributed by atoms with Crippen LogP contribution in [0.4, 0.5) is 0 Å². The Kier molecular flexibility index (Phi) is 16.9. The molecule has 180 valence electrons. The molecule has 4 heteroatoms. The third-order valence-electron chi connectivity index (χ3n) is 7.28. The third kappa shape index (κ3) is 12.5. The molecule has 2 nitrogen and oxygen atoms in total. The zero-order valence-corrected chi connectivity index (χ0v) is 21.5. The third-order valence-corrected chi connectivity index (χ3v) is 7.28.